The summed E-state index contributed by atoms with van der Waals surface area (Å²) in [6.07, 6.45) is -2.53. The van der Waals surface area contributed by atoms with Crippen molar-refractivity contribution >= 4 is 16.7 Å². The monoisotopic (exact) mass is 296 g/mol. The van der Waals surface area contributed by atoms with E-state index < -0.39 is 17.6 Å². The van der Waals surface area contributed by atoms with Crippen LogP contribution in [-0.4, -0.2) is 14.8 Å². The second-order valence-electron chi connectivity index (χ2n) is 4.42. The van der Waals surface area contributed by atoms with Crippen LogP contribution in [0.25, 0.3) is 16.7 Å². The van der Waals surface area contributed by atoms with Crippen LogP contribution in [0.5, 0.6) is 0 Å². The van der Waals surface area contributed by atoms with Gasteiger partial charge in [0.1, 0.15) is 11.5 Å². The average Bonchev–Trinajstić information content (AvgIpc) is 2.83. The fraction of sp³-hybridized carbons (Fsp3) is 0.0769. The molecule has 0 saturated heterocycles. The second-order valence-corrected chi connectivity index (χ2v) is 4.42. The highest BCUT2D eigenvalue weighted by atomic mass is 19.4. The van der Waals surface area contributed by atoms with E-state index in [1.54, 1.807) is 0 Å². The van der Waals surface area contributed by atoms with Crippen molar-refractivity contribution < 1.29 is 17.6 Å². The first-order valence-corrected chi connectivity index (χ1v) is 5.82. The number of aromatic nitrogens is 3. The minimum absolute atomic E-state index is 0.0431. The molecule has 8 heteroatoms. The summed E-state index contributed by atoms with van der Waals surface area (Å²) in [5, 5.41) is 4.11. The Morgan fingerprint density at radius 3 is 2.62 bits per heavy atom. The molecule has 0 bridgehead atoms. The van der Waals surface area contributed by atoms with Gasteiger partial charge in [0.2, 0.25) is 0 Å². The van der Waals surface area contributed by atoms with Crippen molar-refractivity contribution in [2.24, 2.45) is 0 Å². The van der Waals surface area contributed by atoms with E-state index in [1.807, 2.05) is 0 Å². The predicted octanol–water partition coefficient (Wildman–Crippen LogP) is 3.16. The van der Waals surface area contributed by atoms with Crippen molar-refractivity contribution in [1.29, 1.82) is 0 Å². The third kappa shape index (κ3) is 2.39. The van der Waals surface area contributed by atoms with E-state index in [-0.39, 0.29) is 16.7 Å². The van der Waals surface area contributed by atoms with Gasteiger partial charge in [0.15, 0.2) is 5.65 Å². The Morgan fingerprint density at radius 1 is 1.14 bits per heavy atom. The Balaban J connectivity index is 2.15. The molecule has 0 atom stereocenters. The molecule has 3 rings (SSSR count). The van der Waals surface area contributed by atoms with Gasteiger partial charge in [-0.1, -0.05) is 0 Å². The summed E-state index contributed by atoms with van der Waals surface area (Å²) in [5.41, 5.74) is 5.13. The standard InChI is InChI=1S/C13H8F4N4/c14-10-2-1-9(18)4-11(10)21-6-7-3-8(13(15,16)17)5-19-12(7)20-21/h1-6H,18H2. The Morgan fingerprint density at radius 2 is 1.90 bits per heavy atom. The van der Waals surface area contributed by atoms with Gasteiger partial charge in [-0.05, 0) is 24.3 Å². The Bertz CT molecular complexity index is 823. The van der Waals surface area contributed by atoms with Crippen molar-refractivity contribution in [2.45, 2.75) is 6.18 Å². The van der Waals surface area contributed by atoms with E-state index in [2.05, 4.69) is 10.1 Å². The molecule has 0 fully saturated rings. The van der Waals surface area contributed by atoms with Crippen molar-refractivity contribution in [3.05, 3.63) is 48.0 Å². The van der Waals surface area contributed by atoms with Gasteiger partial charge in [-0.15, -0.1) is 5.10 Å². The molecule has 4 nitrogen and oxygen atoms in total. The molecule has 0 spiro atoms. The zero-order chi connectivity index (χ0) is 15.2. The molecule has 0 saturated carbocycles. The summed E-state index contributed by atoms with van der Waals surface area (Å²) >= 11 is 0. The second kappa shape index (κ2) is 4.44. The van der Waals surface area contributed by atoms with E-state index in [0.29, 0.717) is 11.9 Å². The number of fused-ring (bicyclic) bond motifs is 1. The minimum Gasteiger partial charge on any atom is -0.399 e. The third-order valence-electron chi connectivity index (χ3n) is 2.90. The molecule has 0 amide bonds. The maximum atomic E-state index is 13.7. The predicted molar refractivity (Wildman–Crippen MR) is 68.2 cm³/mol. The summed E-state index contributed by atoms with van der Waals surface area (Å²) in [7, 11) is 0. The number of hydrogen-bond acceptors (Lipinski definition) is 3. The number of rotatable bonds is 1. The van der Waals surface area contributed by atoms with Crippen LogP contribution >= 0.6 is 0 Å². The molecule has 0 aliphatic rings. The molecule has 21 heavy (non-hydrogen) atoms. The maximum absolute atomic E-state index is 13.7. The fourth-order valence-corrected chi connectivity index (χ4v) is 1.90. The lowest BCUT2D eigenvalue weighted by atomic mass is 10.2. The molecule has 0 unspecified atom stereocenters. The Labute approximate surface area is 115 Å². The quantitative estimate of drug-likeness (QED) is 0.554. The van der Waals surface area contributed by atoms with Crippen molar-refractivity contribution in [3.8, 4) is 5.69 Å². The van der Waals surface area contributed by atoms with Crippen LogP contribution in [-0.2, 0) is 6.18 Å². The third-order valence-corrected chi connectivity index (χ3v) is 2.90. The van der Waals surface area contributed by atoms with E-state index in [4.69, 9.17) is 5.73 Å². The number of alkyl halides is 3. The normalized spacial score (nSPS) is 12.0. The zero-order valence-corrected chi connectivity index (χ0v) is 10.4. The van der Waals surface area contributed by atoms with Gasteiger partial charge in [-0.2, -0.15) is 13.2 Å². The van der Waals surface area contributed by atoms with Gasteiger partial charge in [0.05, 0.1) is 5.56 Å². The lowest BCUT2D eigenvalue weighted by molar-refractivity contribution is -0.137. The molecule has 0 aliphatic heterocycles. The number of nitrogen functional groups attached to an aromatic ring is 1. The van der Waals surface area contributed by atoms with E-state index in [9.17, 15) is 17.6 Å². The first-order chi connectivity index (χ1) is 9.84. The summed E-state index contributed by atoms with van der Waals surface area (Å²) in [6, 6.07) is 4.79. The van der Waals surface area contributed by atoms with Gasteiger partial charge in [-0.25, -0.2) is 14.1 Å². The molecule has 0 aliphatic carbocycles. The van der Waals surface area contributed by atoms with Gasteiger partial charge in [0, 0.05) is 23.5 Å². The molecule has 2 aromatic heterocycles. The minimum atomic E-state index is -4.49. The molecule has 1 aromatic carbocycles. The van der Waals surface area contributed by atoms with Crippen molar-refractivity contribution in [3.63, 3.8) is 0 Å². The van der Waals surface area contributed by atoms with Gasteiger partial charge < -0.3 is 5.73 Å². The maximum Gasteiger partial charge on any atom is 0.417 e. The van der Waals surface area contributed by atoms with E-state index in [1.165, 1.54) is 18.3 Å². The number of benzene rings is 1. The molecule has 108 valence electrons. The lowest BCUT2D eigenvalue weighted by Crippen LogP contribution is -2.04. The summed E-state index contributed by atoms with van der Waals surface area (Å²) < 4.78 is 52.7. The van der Waals surface area contributed by atoms with Gasteiger partial charge in [-0.3, -0.25) is 0 Å². The lowest BCUT2D eigenvalue weighted by Gasteiger charge is -2.04. The fourth-order valence-electron chi connectivity index (χ4n) is 1.90. The number of anilines is 1. The van der Waals surface area contributed by atoms with E-state index in [0.717, 1.165) is 16.8 Å². The largest absolute Gasteiger partial charge is 0.417 e. The highest BCUT2D eigenvalue weighted by molar-refractivity contribution is 5.75. The number of hydrogen-bond donors (Lipinski definition) is 1. The average molecular weight is 296 g/mol. The zero-order valence-electron chi connectivity index (χ0n) is 10.4. The highest BCUT2D eigenvalue weighted by Crippen LogP contribution is 2.30. The number of nitrogens with zero attached hydrogens (tertiary/aromatic N) is 3. The highest BCUT2D eigenvalue weighted by Gasteiger charge is 2.31. The van der Waals surface area contributed by atoms with Crippen LogP contribution < -0.4 is 5.73 Å². The van der Waals surface area contributed by atoms with E-state index >= 15 is 0 Å². The number of halogens is 4. The van der Waals surface area contributed by atoms with Crippen LogP contribution in [0.15, 0.2) is 36.7 Å². The molecule has 2 heterocycles. The van der Waals surface area contributed by atoms with Crippen LogP contribution in [0.4, 0.5) is 23.2 Å². The van der Waals surface area contributed by atoms with Crippen molar-refractivity contribution in [1.82, 2.24) is 14.8 Å². The first-order valence-electron chi connectivity index (χ1n) is 5.82. The molecule has 3 aromatic rings. The van der Waals surface area contributed by atoms with Crippen LogP contribution in [0, 0.1) is 5.82 Å². The summed E-state index contributed by atoms with van der Waals surface area (Å²) in [4.78, 5) is 3.64. The summed E-state index contributed by atoms with van der Waals surface area (Å²) in [6.45, 7) is 0. The number of pyridine rings is 1. The molecular formula is C13H8F4N4. The molecular weight excluding hydrogens is 288 g/mol. The Hall–Kier alpha value is -2.64. The molecule has 0 radical (unpaired) electrons. The van der Waals surface area contributed by atoms with Crippen LogP contribution in [0.2, 0.25) is 0 Å². The van der Waals surface area contributed by atoms with Crippen molar-refractivity contribution in [2.75, 3.05) is 5.73 Å². The first kappa shape index (κ1) is 13.3. The smallest absolute Gasteiger partial charge is 0.399 e. The summed E-state index contributed by atoms with van der Waals surface area (Å²) in [5.74, 6) is -0.590. The number of nitrogens with two attached hydrogens (primary N) is 1. The Kier molecular flexibility index (Phi) is 2.82. The topological polar surface area (TPSA) is 56.7 Å². The van der Waals surface area contributed by atoms with Gasteiger partial charge in [0.25, 0.3) is 0 Å². The SMILES string of the molecule is Nc1ccc(F)c(-n2cc3cc(C(F)(F)F)cnc3n2)c1. The van der Waals surface area contributed by atoms with Gasteiger partial charge >= 0.3 is 6.18 Å². The van der Waals surface area contributed by atoms with Crippen LogP contribution in [0.1, 0.15) is 5.56 Å². The van der Waals surface area contributed by atoms with Crippen LogP contribution in [0.3, 0.4) is 0 Å². The molecule has 2 N–H and O–H groups in total.